The van der Waals surface area contributed by atoms with Crippen molar-refractivity contribution < 1.29 is 9.90 Å². The van der Waals surface area contributed by atoms with E-state index in [2.05, 4.69) is 16.0 Å². The van der Waals surface area contributed by atoms with Crippen molar-refractivity contribution in [2.24, 2.45) is 5.92 Å². The van der Waals surface area contributed by atoms with E-state index < -0.39 is 0 Å². The predicted molar refractivity (Wildman–Crippen MR) is 97.2 cm³/mol. The van der Waals surface area contributed by atoms with Crippen LogP contribution in [0.5, 0.6) is 5.75 Å². The molecule has 1 unspecified atom stereocenters. The maximum Gasteiger partial charge on any atom is 0.222 e. The molecule has 2 aromatic rings. The van der Waals surface area contributed by atoms with Gasteiger partial charge in [-0.1, -0.05) is 18.2 Å². The zero-order chi connectivity index (χ0) is 17.2. The molecular weight excluding hydrogens is 314 g/mol. The van der Waals surface area contributed by atoms with Crippen LogP contribution in [0.2, 0.25) is 0 Å². The number of fused-ring (bicyclic) bond motifs is 1. The highest BCUT2D eigenvalue weighted by molar-refractivity contribution is 5.84. The van der Waals surface area contributed by atoms with Gasteiger partial charge < -0.3 is 10.0 Å². The van der Waals surface area contributed by atoms with Gasteiger partial charge in [-0.3, -0.25) is 9.69 Å². The smallest absolute Gasteiger partial charge is 0.222 e. The molecule has 5 heteroatoms. The fourth-order valence-corrected chi connectivity index (χ4v) is 4.14. The standard InChI is InChI=1S/C20H25N3O2/c24-18-6-1-5-16-8-9-17(21-20(16)18)14-22-10-2-4-15(12-22)13-23-11-3-7-19(23)25/h1,5-6,8-9,15,24H,2-4,7,10-14H2. The molecular formula is C20H25N3O2. The fraction of sp³-hybridized carbons (Fsp3) is 0.500. The summed E-state index contributed by atoms with van der Waals surface area (Å²) in [4.78, 5) is 21.0. The summed E-state index contributed by atoms with van der Waals surface area (Å²) in [5.41, 5.74) is 1.67. The number of carbonyl (C=O) groups excluding carboxylic acids is 1. The molecule has 1 N–H and O–H groups in total. The van der Waals surface area contributed by atoms with Crippen LogP contribution in [0.4, 0.5) is 0 Å². The largest absolute Gasteiger partial charge is 0.506 e. The Hall–Kier alpha value is -2.14. The van der Waals surface area contributed by atoms with Crippen LogP contribution in [0, 0.1) is 5.92 Å². The molecule has 2 fully saturated rings. The van der Waals surface area contributed by atoms with Crippen molar-refractivity contribution in [3.63, 3.8) is 0 Å². The number of benzene rings is 1. The quantitative estimate of drug-likeness (QED) is 0.931. The maximum absolute atomic E-state index is 11.9. The summed E-state index contributed by atoms with van der Waals surface area (Å²) in [5, 5.41) is 11.0. The molecule has 0 radical (unpaired) electrons. The van der Waals surface area contributed by atoms with Crippen molar-refractivity contribution in [2.45, 2.75) is 32.2 Å². The third-order valence-electron chi connectivity index (χ3n) is 5.40. The summed E-state index contributed by atoms with van der Waals surface area (Å²) < 4.78 is 0. The van der Waals surface area contributed by atoms with Crippen LogP contribution in [0.25, 0.3) is 10.9 Å². The third-order valence-corrected chi connectivity index (χ3v) is 5.40. The van der Waals surface area contributed by atoms with Crippen molar-refractivity contribution in [2.75, 3.05) is 26.2 Å². The Bertz CT molecular complexity index is 777. The van der Waals surface area contributed by atoms with Gasteiger partial charge in [0.25, 0.3) is 0 Å². The Labute approximate surface area is 148 Å². The average Bonchev–Trinajstić information content (AvgIpc) is 3.01. The Morgan fingerprint density at radius 3 is 2.92 bits per heavy atom. The zero-order valence-electron chi connectivity index (χ0n) is 14.5. The van der Waals surface area contributed by atoms with E-state index in [0.717, 1.165) is 56.6 Å². The van der Waals surface area contributed by atoms with Gasteiger partial charge in [0.1, 0.15) is 11.3 Å². The Morgan fingerprint density at radius 1 is 1.16 bits per heavy atom. The third kappa shape index (κ3) is 3.61. The van der Waals surface area contributed by atoms with E-state index in [0.29, 0.717) is 17.3 Å². The average molecular weight is 339 g/mol. The van der Waals surface area contributed by atoms with Gasteiger partial charge >= 0.3 is 0 Å². The number of likely N-dealkylation sites (tertiary alicyclic amines) is 2. The van der Waals surface area contributed by atoms with E-state index >= 15 is 0 Å². The lowest BCUT2D eigenvalue weighted by molar-refractivity contribution is -0.128. The Morgan fingerprint density at radius 2 is 2.08 bits per heavy atom. The number of aromatic nitrogens is 1. The van der Waals surface area contributed by atoms with Gasteiger partial charge in [-0.25, -0.2) is 4.98 Å². The van der Waals surface area contributed by atoms with Gasteiger partial charge in [0, 0.05) is 38.0 Å². The van der Waals surface area contributed by atoms with Gasteiger partial charge in [0.05, 0.1) is 5.69 Å². The zero-order valence-corrected chi connectivity index (χ0v) is 14.5. The minimum atomic E-state index is 0.239. The lowest BCUT2D eigenvalue weighted by Gasteiger charge is -2.34. The van der Waals surface area contributed by atoms with Crippen LogP contribution >= 0.6 is 0 Å². The summed E-state index contributed by atoms with van der Waals surface area (Å²) in [5.74, 6) is 1.12. The van der Waals surface area contributed by atoms with Crippen LogP contribution in [0.3, 0.4) is 0 Å². The summed E-state index contributed by atoms with van der Waals surface area (Å²) in [6, 6.07) is 9.57. The number of aromatic hydroxyl groups is 1. The first-order valence-electron chi connectivity index (χ1n) is 9.27. The number of hydrogen-bond acceptors (Lipinski definition) is 4. The SMILES string of the molecule is O=C1CCCN1CC1CCCN(Cc2ccc3cccc(O)c3n2)C1. The highest BCUT2D eigenvalue weighted by Crippen LogP contribution is 2.25. The molecule has 2 aliphatic heterocycles. The normalized spacial score (nSPS) is 22.0. The minimum absolute atomic E-state index is 0.239. The second-order valence-electron chi connectivity index (χ2n) is 7.34. The minimum Gasteiger partial charge on any atom is -0.506 e. The molecule has 1 aromatic carbocycles. The molecule has 25 heavy (non-hydrogen) atoms. The van der Waals surface area contributed by atoms with Crippen LogP contribution < -0.4 is 0 Å². The Kier molecular flexibility index (Phi) is 4.57. The topological polar surface area (TPSA) is 56.7 Å². The second-order valence-corrected chi connectivity index (χ2v) is 7.34. The summed E-state index contributed by atoms with van der Waals surface area (Å²) in [6.07, 6.45) is 4.11. The number of piperidine rings is 1. The lowest BCUT2D eigenvalue weighted by Crippen LogP contribution is -2.41. The highest BCUT2D eigenvalue weighted by atomic mass is 16.3. The number of carbonyl (C=O) groups is 1. The van der Waals surface area contributed by atoms with E-state index in [1.807, 2.05) is 23.1 Å². The summed E-state index contributed by atoms with van der Waals surface area (Å²) in [7, 11) is 0. The van der Waals surface area contributed by atoms with Crippen LogP contribution in [0.1, 0.15) is 31.4 Å². The Balaban J connectivity index is 1.42. The van der Waals surface area contributed by atoms with E-state index in [-0.39, 0.29) is 5.75 Å². The molecule has 5 nitrogen and oxygen atoms in total. The molecule has 4 rings (SSSR count). The number of nitrogens with zero attached hydrogens (tertiary/aromatic N) is 3. The first kappa shape index (κ1) is 16.3. The van der Waals surface area contributed by atoms with Gasteiger partial charge in [-0.2, -0.15) is 0 Å². The van der Waals surface area contributed by atoms with Gasteiger partial charge in [0.15, 0.2) is 0 Å². The molecule has 2 saturated heterocycles. The number of amides is 1. The predicted octanol–water partition coefficient (Wildman–Crippen LogP) is 2.77. The molecule has 0 aliphatic carbocycles. The maximum atomic E-state index is 11.9. The fourth-order valence-electron chi connectivity index (χ4n) is 4.14. The number of rotatable bonds is 4. The van der Waals surface area contributed by atoms with E-state index in [1.165, 1.54) is 12.8 Å². The molecule has 132 valence electrons. The molecule has 0 saturated carbocycles. The highest BCUT2D eigenvalue weighted by Gasteiger charge is 2.26. The number of phenols is 1. The molecule has 1 amide bonds. The first-order chi connectivity index (χ1) is 12.2. The number of phenolic OH excluding ortho intramolecular Hbond substituents is 1. The number of hydrogen-bond donors (Lipinski definition) is 1. The van der Waals surface area contributed by atoms with Crippen LogP contribution in [-0.2, 0) is 11.3 Å². The van der Waals surface area contributed by atoms with Gasteiger partial charge in [-0.15, -0.1) is 0 Å². The van der Waals surface area contributed by atoms with Crippen LogP contribution in [0.15, 0.2) is 30.3 Å². The van der Waals surface area contributed by atoms with Gasteiger partial charge in [-0.05, 0) is 43.9 Å². The second kappa shape index (κ2) is 7.00. The number of para-hydroxylation sites is 1. The summed E-state index contributed by atoms with van der Waals surface area (Å²) in [6.45, 7) is 4.73. The monoisotopic (exact) mass is 339 g/mol. The molecule has 1 aromatic heterocycles. The van der Waals surface area contributed by atoms with Crippen molar-refractivity contribution in [1.82, 2.24) is 14.8 Å². The van der Waals surface area contributed by atoms with Crippen molar-refractivity contribution in [1.29, 1.82) is 0 Å². The number of pyridine rings is 1. The molecule has 3 heterocycles. The molecule has 0 spiro atoms. The van der Waals surface area contributed by atoms with Crippen LogP contribution in [-0.4, -0.2) is 52.0 Å². The van der Waals surface area contributed by atoms with Crippen molar-refractivity contribution in [3.05, 3.63) is 36.0 Å². The molecule has 1 atom stereocenters. The van der Waals surface area contributed by atoms with Crippen molar-refractivity contribution in [3.8, 4) is 5.75 Å². The first-order valence-corrected chi connectivity index (χ1v) is 9.27. The van der Waals surface area contributed by atoms with E-state index in [9.17, 15) is 9.90 Å². The van der Waals surface area contributed by atoms with Gasteiger partial charge in [0.2, 0.25) is 5.91 Å². The van der Waals surface area contributed by atoms with Crippen molar-refractivity contribution >= 4 is 16.8 Å². The molecule has 0 bridgehead atoms. The molecule has 2 aliphatic rings. The van der Waals surface area contributed by atoms with E-state index in [4.69, 9.17) is 0 Å². The lowest BCUT2D eigenvalue weighted by atomic mass is 9.97. The summed E-state index contributed by atoms with van der Waals surface area (Å²) >= 11 is 0. The van der Waals surface area contributed by atoms with E-state index in [1.54, 1.807) is 6.07 Å².